The zero-order chi connectivity index (χ0) is 20.4. The van der Waals surface area contributed by atoms with Crippen molar-refractivity contribution in [2.24, 2.45) is 0 Å². The van der Waals surface area contributed by atoms with Crippen molar-refractivity contribution in [3.8, 4) is 0 Å². The van der Waals surface area contributed by atoms with Gasteiger partial charge in [0.05, 0.1) is 6.61 Å². The molecule has 29 heavy (non-hydrogen) atoms. The predicted molar refractivity (Wildman–Crippen MR) is 114 cm³/mol. The number of hydrogen-bond donors (Lipinski definition) is 1. The quantitative estimate of drug-likeness (QED) is 0.694. The molecule has 0 bridgehead atoms. The van der Waals surface area contributed by atoms with Gasteiger partial charge in [-0.2, -0.15) is 0 Å². The number of methoxy groups -OCH3 is 1. The van der Waals surface area contributed by atoms with Crippen LogP contribution in [0.1, 0.15) is 36.1 Å². The van der Waals surface area contributed by atoms with Crippen LogP contribution < -0.4 is 5.32 Å². The Hall–Kier alpha value is -1.89. The number of rotatable bonds is 8. The fraction of sp³-hybridized carbons (Fsp3) is 0.609. The summed E-state index contributed by atoms with van der Waals surface area (Å²) in [4.78, 5) is 15.1. The molecule has 0 radical (unpaired) electrons. The van der Waals surface area contributed by atoms with Crippen LogP contribution in [-0.2, 0) is 27.4 Å². The highest BCUT2D eigenvalue weighted by molar-refractivity contribution is 5.86. The molecule has 1 atom stereocenters. The molecule has 4 rings (SSSR count). The molecule has 0 unspecified atom stereocenters. The molecule has 2 aliphatic rings. The van der Waals surface area contributed by atoms with E-state index in [-0.39, 0.29) is 12.0 Å². The van der Waals surface area contributed by atoms with Crippen molar-refractivity contribution in [2.75, 3.05) is 33.4 Å². The maximum absolute atomic E-state index is 13.1. The van der Waals surface area contributed by atoms with Gasteiger partial charge in [0.15, 0.2) is 0 Å². The predicted octanol–water partition coefficient (Wildman–Crippen LogP) is 2.77. The third-order valence-corrected chi connectivity index (χ3v) is 6.26. The van der Waals surface area contributed by atoms with Crippen LogP contribution >= 0.6 is 0 Å². The number of morpholine rings is 1. The van der Waals surface area contributed by atoms with Crippen molar-refractivity contribution in [3.05, 3.63) is 35.0 Å². The molecule has 2 heterocycles. The van der Waals surface area contributed by atoms with E-state index in [1.807, 2.05) is 4.90 Å². The smallest absolute Gasteiger partial charge is 0.253 e. The molecule has 1 aliphatic carbocycles. The van der Waals surface area contributed by atoms with E-state index in [9.17, 15) is 4.79 Å². The largest absolute Gasteiger partial charge is 0.385 e. The molecule has 158 valence electrons. The Balaban J connectivity index is 1.57. The van der Waals surface area contributed by atoms with Crippen molar-refractivity contribution in [3.63, 3.8) is 0 Å². The lowest BCUT2D eigenvalue weighted by molar-refractivity contribution is -0.146. The Labute approximate surface area is 173 Å². The van der Waals surface area contributed by atoms with Gasteiger partial charge in [0.1, 0.15) is 6.10 Å². The van der Waals surface area contributed by atoms with Gasteiger partial charge in [0.2, 0.25) is 0 Å². The Morgan fingerprint density at radius 1 is 1.34 bits per heavy atom. The van der Waals surface area contributed by atoms with E-state index in [4.69, 9.17) is 9.47 Å². The number of aryl methyl sites for hydroxylation is 2. The minimum Gasteiger partial charge on any atom is -0.385 e. The molecule has 1 aromatic heterocycles. The minimum atomic E-state index is -0.351. The van der Waals surface area contributed by atoms with Crippen molar-refractivity contribution in [1.29, 1.82) is 0 Å². The summed E-state index contributed by atoms with van der Waals surface area (Å²) in [5.41, 5.74) is 5.09. The average molecular weight is 400 g/mol. The number of fused-ring (bicyclic) bond motifs is 1. The zero-order valence-corrected chi connectivity index (χ0v) is 17.9. The Morgan fingerprint density at radius 2 is 2.17 bits per heavy atom. The maximum atomic E-state index is 13.1. The van der Waals surface area contributed by atoms with Gasteiger partial charge in [-0.3, -0.25) is 4.79 Å². The summed E-state index contributed by atoms with van der Waals surface area (Å²) in [6, 6.07) is 7.02. The van der Waals surface area contributed by atoms with E-state index in [0.717, 1.165) is 39.0 Å². The fourth-order valence-corrected chi connectivity index (χ4v) is 4.33. The number of carbonyl (C=O) groups excluding carboxylic acids is 1. The van der Waals surface area contributed by atoms with Crippen LogP contribution in [0.5, 0.6) is 0 Å². The Kier molecular flexibility index (Phi) is 6.23. The first kappa shape index (κ1) is 20.4. The summed E-state index contributed by atoms with van der Waals surface area (Å²) in [5.74, 6) is 0.127. The highest BCUT2D eigenvalue weighted by Crippen LogP contribution is 2.31. The average Bonchev–Trinajstić information content (AvgIpc) is 3.56. The molecule has 0 spiro atoms. The first-order valence-corrected chi connectivity index (χ1v) is 10.8. The van der Waals surface area contributed by atoms with Gasteiger partial charge in [0, 0.05) is 62.5 Å². The van der Waals surface area contributed by atoms with Crippen molar-refractivity contribution < 1.29 is 14.3 Å². The lowest BCUT2D eigenvalue weighted by atomic mass is 10.1. The Bertz CT molecular complexity index is 866. The summed E-state index contributed by atoms with van der Waals surface area (Å²) in [6.07, 6.45) is 2.83. The van der Waals surface area contributed by atoms with Crippen LogP contribution in [0, 0.1) is 13.8 Å². The van der Waals surface area contributed by atoms with Gasteiger partial charge in [-0.05, 0) is 50.3 Å². The number of nitrogens with zero attached hydrogens (tertiary/aromatic N) is 2. The molecule has 1 aliphatic heterocycles. The molecule has 2 aromatic rings. The lowest BCUT2D eigenvalue weighted by Gasteiger charge is -2.30. The van der Waals surface area contributed by atoms with E-state index < -0.39 is 0 Å². The third-order valence-electron chi connectivity index (χ3n) is 6.26. The summed E-state index contributed by atoms with van der Waals surface area (Å²) < 4.78 is 13.4. The summed E-state index contributed by atoms with van der Waals surface area (Å²) >= 11 is 0. The second-order valence-electron chi connectivity index (χ2n) is 8.32. The highest BCUT2D eigenvalue weighted by atomic mass is 16.5. The van der Waals surface area contributed by atoms with E-state index in [1.165, 1.54) is 27.7 Å². The molecule has 6 heteroatoms. The third kappa shape index (κ3) is 4.34. The van der Waals surface area contributed by atoms with Gasteiger partial charge in [-0.15, -0.1) is 0 Å². The van der Waals surface area contributed by atoms with Crippen molar-refractivity contribution in [1.82, 2.24) is 14.8 Å². The maximum Gasteiger partial charge on any atom is 0.253 e. The number of carbonyl (C=O) groups is 1. The van der Waals surface area contributed by atoms with Gasteiger partial charge in [0.25, 0.3) is 5.91 Å². The van der Waals surface area contributed by atoms with Crippen LogP contribution in [0.3, 0.4) is 0 Å². The van der Waals surface area contributed by atoms with E-state index in [0.29, 0.717) is 25.7 Å². The minimum absolute atomic E-state index is 0.127. The molecule has 2 fully saturated rings. The number of benzene rings is 1. The molecule has 1 saturated carbocycles. The monoisotopic (exact) mass is 399 g/mol. The molecular weight excluding hydrogens is 366 g/mol. The first-order valence-electron chi connectivity index (χ1n) is 10.8. The van der Waals surface area contributed by atoms with Crippen molar-refractivity contribution in [2.45, 2.75) is 58.3 Å². The number of ether oxygens (including phenoxy) is 2. The lowest BCUT2D eigenvalue weighted by Crippen LogP contribution is -2.49. The summed E-state index contributed by atoms with van der Waals surface area (Å²) in [7, 11) is 1.75. The van der Waals surface area contributed by atoms with Crippen LogP contribution in [-0.4, -0.2) is 60.9 Å². The summed E-state index contributed by atoms with van der Waals surface area (Å²) in [5, 5.41) is 4.57. The van der Waals surface area contributed by atoms with Crippen LogP contribution in [0.15, 0.2) is 18.2 Å². The van der Waals surface area contributed by atoms with E-state index in [2.05, 4.69) is 41.9 Å². The molecule has 1 amide bonds. The second-order valence-corrected chi connectivity index (χ2v) is 8.32. The standard InChI is InChI=1S/C23H33N3O3/c1-16-17(2)25(10-4-11-28-3)21-13-18(5-8-20(16)21)15-26(19-6-7-19)23(27)22-14-24-9-12-29-22/h5,8,13,19,22,24H,4,6-7,9-12,14-15H2,1-3H3/t22-/m1/s1. The molecular formula is C23H33N3O3. The molecule has 1 saturated heterocycles. The van der Waals surface area contributed by atoms with Crippen LogP contribution in [0.4, 0.5) is 0 Å². The van der Waals surface area contributed by atoms with Crippen molar-refractivity contribution >= 4 is 16.8 Å². The fourth-order valence-electron chi connectivity index (χ4n) is 4.33. The highest BCUT2D eigenvalue weighted by Gasteiger charge is 2.36. The number of hydrogen-bond acceptors (Lipinski definition) is 4. The zero-order valence-electron chi connectivity index (χ0n) is 17.9. The van der Waals surface area contributed by atoms with Crippen LogP contribution in [0.25, 0.3) is 10.9 Å². The SMILES string of the molecule is COCCCn1c(C)c(C)c2ccc(CN(C(=O)[C@H]3CNCCO3)C3CC3)cc21. The summed E-state index contributed by atoms with van der Waals surface area (Å²) in [6.45, 7) is 8.78. The Morgan fingerprint density at radius 3 is 2.86 bits per heavy atom. The van der Waals surface area contributed by atoms with E-state index in [1.54, 1.807) is 7.11 Å². The normalized spacial score (nSPS) is 19.6. The number of aromatic nitrogens is 1. The molecule has 1 aromatic carbocycles. The van der Waals surface area contributed by atoms with Gasteiger partial charge >= 0.3 is 0 Å². The molecule has 6 nitrogen and oxygen atoms in total. The van der Waals surface area contributed by atoms with E-state index >= 15 is 0 Å². The number of amides is 1. The molecule has 1 N–H and O–H groups in total. The van der Waals surface area contributed by atoms with Gasteiger partial charge in [-0.1, -0.05) is 12.1 Å². The topological polar surface area (TPSA) is 55.7 Å². The number of nitrogens with one attached hydrogen (secondary N) is 1. The van der Waals surface area contributed by atoms with Gasteiger partial charge < -0.3 is 24.3 Å². The van der Waals surface area contributed by atoms with Gasteiger partial charge in [-0.25, -0.2) is 0 Å². The second kappa shape index (κ2) is 8.86. The first-order chi connectivity index (χ1) is 14.1. The van der Waals surface area contributed by atoms with Crippen LogP contribution in [0.2, 0.25) is 0 Å².